The zero-order chi connectivity index (χ0) is 22.0. The molecule has 2 aromatic heterocycles. The molecule has 8 heteroatoms. The molecule has 1 amide bonds. The summed E-state index contributed by atoms with van der Waals surface area (Å²) in [5, 5.41) is 3.92. The van der Waals surface area contributed by atoms with Gasteiger partial charge in [-0.15, -0.1) is 0 Å². The third kappa shape index (κ3) is 4.28. The van der Waals surface area contributed by atoms with Gasteiger partial charge in [-0.1, -0.05) is 23.4 Å². The molecule has 0 saturated carbocycles. The topological polar surface area (TPSA) is 81.2 Å². The van der Waals surface area contributed by atoms with Gasteiger partial charge in [-0.3, -0.25) is 14.2 Å². The number of hydrogen-bond acceptors (Lipinski definition) is 5. The molecule has 0 unspecified atom stereocenters. The number of carbonyl (C=O) groups excluding carboxylic acids is 1. The van der Waals surface area contributed by atoms with Crippen LogP contribution in [0.5, 0.6) is 0 Å². The lowest BCUT2D eigenvalue weighted by molar-refractivity contribution is -0.118. The molecular formula is C23H19FN4O3. The third-order valence-electron chi connectivity index (χ3n) is 4.85. The molecule has 0 N–H and O–H groups in total. The maximum atomic E-state index is 13.2. The van der Waals surface area contributed by atoms with Gasteiger partial charge in [0.25, 0.3) is 11.4 Å². The van der Waals surface area contributed by atoms with Gasteiger partial charge in [-0.05, 0) is 55.0 Å². The molecule has 0 aliphatic carbocycles. The molecule has 4 aromatic rings. The standard InChI is InChI=1S/C23H19FN4O3/c1-15-5-3-6-18(13-15)27(2)21(30)14-28-19(7-4-8-20(28)29)23-25-22(26-31-23)16-9-11-17(24)12-10-16/h3-13H,14H2,1-2H3. The van der Waals surface area contributed by atoms with E-state index in [0.717, 1.165) is 11.3 Å². The second-order valence-corrected chi connectivity index (χ2v) is 7.06. The number of amides is 1. The first-order valence-corrected chi connectivity index (χ1v) is 9.55. The first-order chi connectivity index (χ1) is 14.9. The number of hydrogen-bond donors (Lipinski definition) is 0. The van der Waals surface area contributed by atoms with Gasteiger partial charge in [0.05, 0.1) is 0 Å². The number of benzene rings is 2. The molecule has 0 saturated heterocycles. The zero-order valence-electron chi connectivity index (χ0n) is 16.9. The second-order valence-electron chi connectivity index (χ2n) is 7.06. The van der Waals surface area contributed by atoms with E-state index in [0.29, 0.717) is 11.3 Å². The van der Waals surface area contributed by atoms with Crippen LogP contribution in [0.2, 0.25) is 0 Å². The van der Waals surface area contributed by atoms with Crippen molar-refractivity contribution in [1.82, 2.24) is 14.7 Å². The summed E-state index contributed by atoms with van der Waals surface area (Å²) < 4.78 is 19.8. The monoisotopic (exact) mass is 418 g/mol. The van der Waals surface area contributed by atoms with Gasteiger partial charge in [0, 0.05) is 24.4 Å². The molecule has 0 atom stereocenters. The molecule has 0 aliphatic rings. The maximum Gasteiger partial charge on any atom is 0.274 e. The van der Waals surface area contributed by atoms with E-state index < -0.39 is 0 Å². The molecule has 7 nitrogen and oxygen atoms in total. The van der Waals surface area contributed by atoms with Gasteiger partial charge in [0.2, 0.25) is 11.7 Å². The Bertz CT molecular complexity index is 1290. The number of rotatable bonds is 5. The average molecular weight is 418 g/mol. The minimum absolute atomic E-state index is 0.0861. The summed E-state index contributed by atoms with van der Waals surface area (Å²) in [7, 11) is 1.66. The Hall–Kier alpha value is -4.07. The number of aryl methyl sites for hydroxylation is 1. The number of halogens is 1. The van der Waals surface area contributed by atoms with Crippen molar-refractivity contribution in [2.45, 2.75) is 13.5 Å². The van der Waals surface area contributed by atoms with Crippen molar-refractivity contribution < 1.29 is 13.7 Å². The molecule has 0 bridgehead atoms. The Morgan fingerprint density at radius 2 is 1.84 bits per heavy atom. The Morgan fingerprint density at radius 1 is 1.10 bits per heavy atom. The SMILES string of the molecule is Cc1cccc(N(C)C(=O)Cn2c(-c3nc(-c4ccc(F)cc4)no3)cccc2=O)c1. The lowest BCUT2D eigenvalue weighted by atomic mass is 10.2. The first kappa shape index (κ1) is 20.2. The van der Waals surface area contributed by atoms with Gasteiger partial charge >= 0.3 is 0 Å². The van der Waals surface area contributed by atoms with Crippen molar-refractivity contribution in [3.05, 3.63) is 88.5 Å². The van der Waals surface area contributed by atoms with E-state index in [4.69, 9.17) is 4.52 Å². The molecule has 0 spiro atoms. The number of carbonyl (C=O) groups is 1. The van der Waals surface area contributed by atoms with Gasteiger partial charge in [-0.2, -0.15) is 4.98 Å². The minimum atomic E-state index is -0.374. The summed E-state index contributed by atoms with van der Waals surface area (Å²) in [6, 6.07) is 17.7. The molecule has 4 rings (SSSR count). The highest BCUT2D eigenvalue weighted by molar-refractivity contribution is 5.93. The predicted molar refractivity (Wildman–Crippen MR) is 114 cm³/mol. The number of aromatic nitrogens is 3. The molecular weight excluding hydrogens is 399 g/mol. The predicted octanol–water partition coefficient (Wildman–Crippen LogP) is 3.68. The van der Waals surface area contributed by atoms with E-state index in [1.54, 1.807) is 19.2 Å². The van der Waals surface area contributed by atoms with Crippen LogP contribution in [0.4, 0.5) is 10.1 Å². The molecule has 2 aromatic carbocycles. The van der Waals surface area contributed by atoms with Gasteiger partial charge in [-0.25, -0.2) is 4.39 Å². The fourth-order valence-electron chi connectivity index (χ4n) is 3.14. The summed E-state index contributed by atoms with van der Waals surface area (Å²) in [6.07, 6.45) is 0. The van der Waals surface area contributed by atoms with Crippen LogP contribution in [0.25, 0.3) is 23.0 Å². The van der Waals surface area contributed by atoms with Crippen LogP contribution >= 0.6 is 0 Å². The van der Waals surface area contributed by atoms with E-state index in [1.165, 1.54) is 39.8 Å². The Labute approximate surface area is 177 Å². The normalized spacial score (nSPS) is 10.8. The molecule has 0 fully saturated rings. The number of pyridine rings is 1. The Morgan fingerprint density at radius 3 is 2.58 bits per heavy atom. The van der Waals surface area contributed by atoms with Crippen molar-refractivity contribution in [3.63, 3.8) is 0 Å². The van der Waals surface area contributed by atoms with Crippen molar-refractivity contribution in [2.24, 2.45) is 0 Å². The fraction of sp³-hybridized carbons (Fsp3) is 0.130. The quantitative estimate of drug-likeness (QED) is 0.494. The highest BCUT2D eigenvalue weighted by Crippen LogP contribution is 2.22. The van der Waals surface area contributed by atoms with Gasteiger partial charge < -0.3 is 9.42 Å². The summed E-state index contributed by atoms with van der Waals surface area (Å²) in [4.78, 5) is 31.2. The molecule has 2 heterocycles. The lowest BCUT2D eigenvalue weighted by Gasteiger charge is -2.19. The number of nitrogens with zero attached hydrogens (tertiary/aromatic N) is 4. The van der Waals surface area contributed by atoms with Crippen molar-refractivity contribution >= 4 is 11.6 Å². The van der Waals surface area contributed by atoms with E-state index >= 15 is 0 Å². The largest absolute Gasteiger partial charge is 0.332 e. The lowest BCUT2D eigenvalue weighted by Crippen LogP contribution is -2.34. The van der Waals surface area contributed by atoms with Crippen LogP contribution in [-0.2, 0) is 11.3 Å². The average Bonchev–Trinajstić information content (AvgIpc) is 3.25. The zero-order valence-corrected chi connectivity index (χ0v) is 16.9. The second kappa shape index (κ2) is 8.35. The molecule has 31 heavy (non-hydrogen) atoms. The van der Waals surface area contributed by atoms with Crippen LogP contribution in [-0.4, -0.2) is 27.7 Å². The summed E-state index contributed by atoms with van der Waals surface area (Å²) in [6.45, 7) is 1.74. The van der Waals surface area contributed by atoms with E-state index in [-0.39, 0.29) is 35.5 Å². The summed E-state index contributed by atoms with van der Waals surface area (Å²) in [5.74, 6) is -0.317. The third-order valence-corrected chi connectivity index (χ3v) is 4.85. The fourth-order valence-corrected chi connectivity index (χ4v) is 3.14. The highest BCUT2D eigenvalue weighted by Gasteiger charge is 2.19. The molecule has 156 valence electrons. The first-order valence-electron chi connectivity index (χ1n) is 9.55. The maximum absolute atomic E-state index is 13.2. The van der Waals surface area contributed by atoms with Crippen molar-refractivity contribution in [2.75, 3.05) is 11.9 Å². The minimum Gasteiger partial charge on any atom is -0.332 e. The van der Waals surface area contributed by atoms with Crippen LogP contribution < -0.4 is 10.5 Å². The van der Waals surface area contributed by atoms with Crippen molar-refractivity contribution in [1.29, 1.82) is 0 Å². The number of likely N-dealkylation sites (N-methyl/N-ethyl adjacent to an activating group) is 1. The molecule has 0 radical (unpaired) electrons. The van der Waals surface area contributed by atoms with E-state index in [9.17, 15) is 14.0 Å². The number of anilines is 1. The van der Waals surface area contributed by atoms with Crippen LogP contribution in [0.1, 0.15) is 5.56 Å². The van der Waals surface area contributed by atoms with Gasteiger partial charge in [0.1, 0.15) is 18.1 Å². The van der Waals surface area contributed by atoms with Crippen molar-refractivity contribution in [3.8, 4) is 23.0 Å². The van der Waals surface area contributed by atoms with Gasteiger partial charge in [0.15, 0.2) is 0 Å². The van der Waals surface area contributed by atoms with E-state index in [2.05, 4.69) is 10.1 Å². The highest BCUT2D eigenvalue weighted by atomic mass is 19.1. The summed E-state index contributed by atoms with van der Waals surface area (Å²) >= 11 is 0. The summed E-state index contributed by atoms with van der Waals surface area (Å²) in [5.41, 5.74) is 2.27. The Balaban J connectivity index is 1.64. The van der Waals surface area contributed by atoms with Crippen LogP contribution in [0, 0.1) is 12.7 Å². The van der Waals surface area contributed by atoms with Crippen LogP contribution in [0.3, 0.4) is 0 Å². The smallest absolute Gasteiger partial charge is 0.274 e. The van der Waals surface area contributed by atoms with Crippen LogP contribution in [0.15, 0.2) is 76.0 Å². The Kier molecular flexibility index (Phi) is 5.44. The molecule has 0 aliphatic heterocycles. The van der Waals surface area contributed by atoms with E-state index in [1.807, 2.05) is 31.2 Å².